The molecule has 0 bridgehead atoms. The lowest BCUT2D eigenvalue weighted by atomic mass is 10.2. The summed E-state index contributed by atoms with van der Waals surface area (Å²) in [6.07, 6.45) is 1.67. The quantitative estimate of drug-likeness (QED) is 0.640. The summed E-state index contributed by atoms with van der Waals surface area (Å²) in [7, 11) is -1.50. The van der Waals surface area contributed by atoms with Gasteiger partial charge in [0.05, 0.1) is 17.2 Å². The molecular formula is C18H20Cl2N4O4S. The van der Waals surface area contributed by atoms with Crippen LogP contribution < -0.4 is 4.90 Å². The number of benzene rings is 1. The van der Waals surface area contributed by atoms with E-state index in [1.165, 1.54) is 32.4 Å². The minimum Gasteiger partial charge on any atom is -0.352 e. The van der Waals surface area contributed by atoms with Crippen molar-refractivity contribution in [2.75, 3.05) is 45.2 Å². The van der Waals surface area contributed by atoms with Crippen LogP contribution in [0.3, 0.4) is 0 Å². The highest BCUT2D eigenvalue weighted by atomic mass is 35.5. The van der Waals surface area contributed by atoms with E-state index in [-0.39, 0.29) is 21.4 Å². The first-order chi connectivity index (χ1) is 13.8. The Kier molecular flexibility index (Phi) is 6.65. The van der Waals surface area contributed by atoms with Gasteiger partial charge in [-0.3, -0.25) is 9.63 Å². The van der Waals surface area contributed by atoms with E-state index in [1.54, 1.807) is 23.2 Å². The fraction of sp³-hybridized carbons (Fsp3) is 0.333. The normalized spacial score (nSPS) is 15.1. The van der Waals surface area contributed by atoms with Gasteiger partial charge in [0.1, 0.15) is 10.7 Å². The SMILES string of the molecule is CON(C)S(=O)(=O)c1cc(C(=O)N2CCN(c3ncccc3Cl)CC2)ccc1Cl. The molecule has 29 heavy (non-hydrogen) atoms. The molecule has 0 unspecified atom stereocenters. The molecule has 2 heterocycles. The fourth-order valence-corrected chi connectivity index (χ4v) is 4.70. The molecule has 1 aromatic carbocycles. The summed E-state index contributed by atoms with van der Waals surface area (Å²) >= 11 is 12.3. The largest absolute Gasteiger partial charge is 0.352 e. The summed E-state index contributed by atoms with van der Waals surface area (Å²) in [4.78, 5) is 25.5. The Hall–Kier alpha value is -1.91. The van der Waals surface area contributed by atoms with Crippen LogP contribution in [0, 0.1) is 0 Å². The van der Waals surface area contributed by atoms with Gasteiger partial charge in [0.2, 0.25) is 0 Å². The van der Waals surface area contributed by atoms with E-state index in [1.807, 2.05) is 4.90 Å². The molecule has 0 saturated carbocycles. The third kappa shape index (κ3) is 4.49. The van der Waals surface area contributed by atoms with Crippen LogP contribution in [0.25, 0.3) is 0 Å². The highest BCUT2D eigenvalue weighted by Gasteiger charge is 2.28. The molecule has 1 aliphatic heterocycles. The number of hydroxylamine groups is 1. The number of sulfonamides is 1. The van der Waals surface area contributed by atoms with Crippen LogP contribution in [-0.4, -0.2) is 69.0 Å². The van der Waals surface area contributed by atoms with Gasteiger partial charge in [0, 0.05) is 45.0 Å². The van der Waals surface area contributed by atoms with Gasteiger partial charge in [0.25, 0.3) is 15.9 Å². The van der Waals surface area contributed by atoms with Crippen molar-refractivity contribution in [3.8, 4) is 0 Å². The van der Waals surface area contributed by atoms with Crippen molar-refractivity contribution < 1.29 is 18.0 Å². The van der Waals surface area contributed by atoms with Crippen molar-refractivity contribution in [1.29, 1.82) is 0 Å². The Morgan fingerprint density at radius 3 is 2.45 bits per heavy atom. The van der Waals surface area contributed by atoms with Gasteiger partial charge in [0.15, 0.2) is 0 Å². The number of carbonyl (C=O) groups is 1. The van der Waals surface area contributed by atoms with Crippen molar-refractivity contribution >= 4 is 45.0 Å². The molecule has 1 aromatic heterocycles. The highest BCUT2D eigenvalue weighted by molar-refractivity contribution is 7.89. The minimum absolute atomic E-state index is 0.0139. The first-order valence-corrected chi connectivity index (χ1v) is 10.9. The van der Waals surface area contributed by atoms with E-state index in [0.29, 0.717) is 41.5 Å². The third-order valence-electron chi connectivity index (χ3n) is 4.66. The van der Waals surface area contributed by atoms with Crippen molar-refractivity contribution in [3.05, 3.63) is 52.1 Å². The standard InChI is InChI=1S/C18H20Cl2N4O4S/c1-22(28-2)29(26,27)16-12-13(5-6-14(16)19)18(25)24-10-8-23(9-11-24)17-15(20)4-3-7-21-17/h3-7,12H,8-11H2,1-2H3. The Morgan fingerprint density at radius 1 is 1.14 bits per heavy atom. The molecule has 8 nitrogen and oxygen atoms in total. The van der Waals surface area contributed by atoms with Crippen molar-refractivity contribution in [1.82, 2.24) is 14.4 Å². The maximum absolute atomic E-state index is 12.9. The van der Waals surface area contributed by atoms with Gasteiger partial charge >= 0.3 is 0 Å². The molecule has 0 N–H and O–H groups in total. The zero-order valence-electron chi connectivity index (χ0n) is 15.9. The molecule has 11 heteroatoms. The number of rotatable bonds is 5. The smallest absolute Gasteiger partial charge is 0.266 e. The molecule has 2 aromatic rings. The van der Waals surface area contributed by atoms with E-state index < -0.39 is 10.0 Å². The van der Waals surface area contributed by atoms with Gasteiger partial charge in [-0.15, -0.1) is 0 Å². The fourth-order valence-electron chi connectivity index (χ4n) is 2.98. The van der Waals surface area contributed by atoms with Crippen LogP contribution in [0.15, 0.2) is 41.4 Å². The predicted octanol–water partition coefficient (Wildman–Crippen LogP) is 2.53. The molecule has 1 aliphatic rings. The molecule has 3 rings (SSSR count). The van der Waals surface area contributed by atoms with Crippen LogP contribution in [0.2, 0.25) is 10.0 Å². The average molecular weight is 459 g/mol. The van der Waals surface area contributed by atoms with Crippen LogP contribution in [0.5, 0.6) is 0 Å². The number of nitrogens with zero attached hydrogens (tertiary/aromatic N) is 4. The van der Waals surface area contributed by atoms with E-state index in [0.717, 1.165) is 0 Å². The summed E-state index contributed by atoms with van der Waals surface area (Å²) in [5.74, 6) is 0.411. The van der Waals surface area contributed by atoms with Crippen LogP contribution in [0.1, 0.15) is 10.4 Å². The Morgan fingerprint density at radius 2 is 1.83 bits per heavy atom. The minimum atomic E-state index is -3.98. The molecule has 1 fully saturated rings. The summed E-state index contributed by atoms with van der Waals surface area (Å²) in [6, 6.07) is 7.72. The maximum atomic E-state index is 12.9. The van der Waals surface area contributed by atoms with Crippen molar-refractivity contribution in [3.63, 3.8) is 0 Å². The molecule has 1 saturated heterocycles. The number of amides is 1. The first kappa shape index (κ1) is 21.8. The predicted molar refractivity (Wildman–Crippen MR) is 111 cm³/mol. The number of halogens is 2. The Labute approximate surface area is 179 Å². The van der Waals surface area contributed by atoms with Crippen LogP contribution in [-0.2, 0) is 14.9 Å². The molecule has 0 aliphatic carbocycles. The number of anilines is 1. The number of piperazine rings is 1. The van der Waals surface area contributed by atoms with Gasteiger partial charge in [-0.2, -0.15) is 0 Å². The van der Waals surface area contributed by atoms with Gasteiger partial charge in [-0.1, -0.05) is 27.7 Å². The summed E-state index contributed by atoms with van der Waals surface area (Å²) in [5, 5.41) is 0.571. The Balaban J connectivity index is 1.77. The number of hydrogen-bond acceptors (Lipinski definition) is 6. The molecular weight excluding hydrogens is 439 g/mol. The zero-order valence-corrected chi connectivity index (χ0v) is 18.2. The molecule has 0 radical (unpaired) electrons. The maximum Gasteiger partial charge on any atom is 0.266 e. The zero-order chi connectivity index (χ0) is 21.2. The van der Waals surface area contributed by atoms with E-state index in [4.69, 9.17) is 28.0 Å². The van der Waals surface area contributed by atoms with Crippen molar-refractivity contribution in [2.24, 2.45) is 0 Å². The highest BCUT2D eigenvalue weighted by Crippen LogP contribution is 2.27. The van der Waals surface area contributed by atoms with Gasteiger partial charge in [-0.05, 0) is 30.3 Å². The third-order valence-corrected chi connectivity index (χ3v) is 7.11. The number of aromatic nitrogens is 1. The molecule has 0 spiro atoms. The monoisotopic (exact) mass is 458 g/mol. The second-order valence-electron chi connectivity index (χ2n) is 6.33. The van der Waals surface area contributed by atoms with Crippen LogP contribution in [0.4, 0.5) is 5.82 Å². The lowest BCUT2D eigenvalue weighted by Gasteiger charge is -2.35. The second kappa shape index (κ2) is 8.85. The van der Waals surface area contributed by atoms with E-state index >= 15 is 0 Å². The Bertz CT molecular complexity index is 1010. The summed E-state index contributed by atoms with van der Waals surface area (Å²) < 4.78 is 25.8. The number of carbonyl (C=O) groups excluding carboxylic acids is 1. The first-order valence-electron chi connectivity index (χ1n) is 8.73. The number of hydrogen-bond donors (Lipinski definition) is 0. The average Bonchev–Trinajstić information content (AvgIpc) is 2.73. The number of pyridine rings is 1. The summed E-state index contributed by atoms with van der Waals surface area (Å²) in [6.45, 7) is 2.03. The van der Waals surface area contributed by atoms with Gasteiger partial charge in [-0.25, -0.2) is 13.4 Å². The van der Waals surface area contributed by atoms with E-state index in [2.05, 4.69) is 4.98 Å². The lowest BCUT2D eigenvalue weighted by molar-refractivity contribution is -0.0258. The molecule has 0 atom stereocenters. The van der Waals surface area contributed by atoms with Gasteiger partial charge < -0.3 is 9.80 Å². The summed E-state index contributed by atoms with van der Waals surface area (Å²) in [5.41, 5.74) is 0.238. The van der Waals surface area contributed by atoms with Crippen molar-refractivity contribution in [2.45, 2.75) is 4.90 Å². The van der Waals surface area contributed by atoms with E-state index in [9.17, 15) is 13.2 Å². The topological polar surface area (TPSA) is 83.0 Å². The lowest BCUT2D eigenvalue weighted by Crippen LogP contribution is -2.49. The van der Waals surface area contributed by atoms with Crippen LogP contribution >= 0.6 is 23.2 Å². The molecule has 156 valence electrons. The second-order valence-corrected chi connectivity index (χ2v) is 9.05. The molecule has 1 amide bonds.